The molecule has 0 aliphatic carbocycles. The summed E-state index contributed by atoms with van der Waals surface area (Å²) in [7, 11) is 0. The normalized spacial score (nSPS) is 10.4. The second kappa shape index (κ2) is 10.1. The Morgan fingerprint density at radius 1 is 1.03 bits per heavy atom. The fourth-order valence-corrected chi connectivity index (χ4v) is 3.62. The van der Waals surface area contributed by atoms with Gasteiger partial charge in [0.1, 0.15) is 9.88 Å². The van der Waals surface area contributed by atoms with Gasteiger partial charge in [-0.3, -0.25) is 20.4 Å². The first-order valence-electron chi connectivity index (χ1n) is 9.15. The second-order valence-electron chi connectivity index (χ2n) is 6.11. The van der Waals surface area contributed by atoms with E-state index < -0.39 is 11.8 Å². The SMILES string of the molecule is CCOc1ccccc1OCC(=O)NNC(=O)c1sc(-c2ccc(Cl)cc2)nc1C. The van der Waals surface area contributed by atoms with Crippen LogP contribution in [-0.2, 0) is 4.79 Å². The van der Waals surface area contributed by atoms with E-state index in [-0.39, 0.29) is 6.61 Å². The predicted molar refractivity (Wildman–Crippen MR) is 116 cm³/mol. The Morgan fingerprint density at radius 2 is 1.70 bits per heavy atom. The number of amides is 2. The molecule has 0 aliphatic heterocycles. The lowest BCUT2D eigenvalue weighted by Crippen LogP contribution is -2.43. The molecule has 7 nitrogen and oxygen atoms in total. The summed E-state index contributed by atoms with van der Waals surface area (Å²) in [6, 6.07) is 14.2. The van der Waals surface area contributed by atoms with Crippen LogP contribution in [0.3, 0.4) is 0 Å². The molecule has 9 heteroatoms. The molecular formula is C21H20ClN3O4S. The molecule has 1 aromatic heterocycles. The van der Waals surface area contributed by atoms with Gasteiger partial charge in [0.15, 0.2) is 18.1 Å². The number of benzene rings is 2. The van der Waals surface area contributed by atoms with Crippen molar-refractivity contribution in [2.45, 2.75) is 13.8 Å². The van der Waals surface area contributed by atoms with E-state index in [4.69, 9.17) is 21.1 Å². The number of hydrazine groups is 1. The van der Waals surface area contributed by atoms with Gasteiger partial charge in [-0.15, -0.1) is 11.3 Å². The Kier molecular flexibility index (Phi) is 7.26. The third-order valence-electron chi connectivity index (χ3n) is 3.92. The van der Waals surface area contributed by atoms with Crippen LogP contribution in [0.4, 0.5) is 0 Å². The molecule has 2 N–H and O–H groups in total. The van der Waals surface area contributed by atoms with Crippen molar-refractivity contribution in [1.82, 2.24) is 15.8 Å². The van der Waals surface area contributed by atoms with E-state index in [0.29, 0.717) is 38.7 Å². The minimum absolute atomic E-state index is 0.276. The van der Waals surface area contributed by atoms with Crippen molar-refractivity contribution in [3.63, 3.8) is 0 Å². The molecule has 3 aromatic rings. The van der Waals surface area contributed by atoms with E-state index in [0.717, 1.165) is 5.56 Å². The van der Waals surface area contributed by atoms with Crippen LogP contribution < -0.4 is 20.3 Å². The zero-order chi connectivity index (χ0) is 21.5. The van der Waals surface area contributed by atoms with Crippen LogP contribution >= 0.6 is 22.9 Å². The fraction of sp³-hybridized carbons (Fsp3) is 0.190. The van der Waals surface area contributed by atoms with Crippen LogP contribution in [0.1, 0.15) is 22.3 Å². The number of carbonyl (C=O) groups is 2. The molecule has 0 atom stereocenters. The molecule has 0 unspecified atom stereocenters. The number of rotatable bonds is 7. The van der Waals surface area contributed by atoms with Gasteiger partial charge in [0.05, 0.1) is 12.3 Å². The summed E-state index contributed by atoms with van der Waals surface area (Å²) in [5.41, 5.74) is 6.16. The van der Waals surface area contributed by atoms with Crippen LogP contribution in [-0.4, -0.2) is 30.0 Å². The molecule has 30 heavy (non-hydrogen) atoms. The van der Waals surface area contributed by atoms with Gasteiger partial charge in [0, 0.05) is 10.6 Å². The van der Waals surface area contributed by atoms with E-state index in [1.807, 2.05) is 25.1 Å². The molecule has 1 heterocycles. The van der Waals surface area contributed by atoms with Crippen molar-refractivity contribution < 1.29 is 19.1 Å². The maximum atomic E-state index is 12.4. The van der Waals surface area contributed by atoms with Gasteiger partial charge in [0.2, 0.25) is 0 Å². The Balaban J connectivity index is 1.55. The lowest BCUT2D eigenvalue weighted by Gasteiger charge is -2.11. The van der Waals surface area contributed by atoms with Crippen LogP contribution in [0, 0.1) is 6.92 Å². The lowest BCUT2D eigenvalue weighted by atomic mass is 10.2. The van der Waals surface area contributed by atoms with Crippen molar-refractivity contribution in [1.29, 1.82) is 0 Å². The van der Waals surface area contributed by atoms with Crippen LogP contribution in [0.15, 0.2) is 48.5 Å². The average molecular weight is 446 g/mol. The number of thiazole rings is 1. The quantitative estimate of drug-likeness (QED) is 0.536. The third kappa shape index (κ3) is 5.49. The van der Waals surface area contributed by atoms with Gasteiger partial charge in [0.25, 0.3) is 11.8 Å². The number of para-hydroxylation sites is 2. The summed E-state index contributed by atoms with van der Waals surface area (Å²) >= 11 is 7.14. The summed E-state index contributed by atoms with van der Waals surface area (Å²) in [5, 5.41) is 1.32. The Bertz CT molecular complexity index is 1040. The molecule has 2 aromatic carbocycles. The van der Waals surface area contributed by atoms with Crippen LogP contribution in [0.2, 0.25) is 5.02 Å². The van der Waals surface area contributed by atoms with E-state index >= 15 is 0 Å². The van der Waals surface area contributed by atoms with Crippen molar-refractivity contribution >= 4 is 34.8 Å². The molecule has 3 rings (SSSR count). The predicted octanol–water partition coefficient (Wildman–Crippen LogP) is 4.01. The maximum Gasteiger partial charge on any atom is 0.281 e. The topological polar surface area (TPSA) is 89.5 Å². The van der Waals surface area contributed by atoms with Crippen LogP contribution in [0.25, 0.3) is 10.6 Å². The van der Waals surface area contributed by atoms with E-state index in [1.165, 1.54) is 11.3 Å². The van der Waals surface area contributed by atoms with E-state index in [2.05, 4.69) is 15.8 Å². The zero-order valence-electron chi connectivity index (χ0n) is 16.4. The second-order valence-corrected chi connectivity index (χ2v) is 7.55. The molecule has 0 saturated carbocycles. The average Bonchev–Trinajstić information content (AvgIpc) is 3.14. The highest BCUT2D eigenvalue weighted by Crippen LogP contribution is 2.29. The first-order chi connectivity index (χ1) is 14.5. The van der Waals surface area contributed by atoms with Crippen molar-refractivity contribution in [2.24, 2.45) is 0 Å². The number of hydrogen-bond acceptors (Lipinski definition) is 6. The van der Waals surface area contributed by atoms with Crippen molar-refractivity contribution in [3.8, 4) is 22.1 Å². The summed E-state index contributed by atoms with van der Waals surface area (Å²) in [4.78, 5) is 29.3. The summed E-state index contributed by atoms with van der Waals surface area (Å²) in [5.74, 6) is 0.0432. The van der Waals surface area contributed by atoms with Gasteiger partial charge in [-0.05, 0) is 38.1 Å². The minimum Gasteiger partial charge on any atom is -0.490 e. The highest BCUT2D eigenvalue weighted by molar-refractivity contribution is 7.17. The van der Waals surface area contributed by atoms with Crippen LogP contribution in [0.5, 0.6) is 11.5 Å². The van der Waals surface area contributed by atoms with Crippen molar-refractivity contribution in [3.05, 3.63) is 64.1 Å². The van der Waals surface area contributed by atoms with Gasteiger partial charge in [-0.2, -0.15) is 0 Å². The Morgan fingerprint density at radius 3 is 2.37 bits per heavy atom. The first-order valence-corrected chi connectivity index (χ1v) is 10.3. The highest BCUT2D eigenvalue weighted by Gasteiger charge is 2.17. The van der Waals surface area contributed by atoms with Gasteiger partial charge in [-0.25, -0.2) is 4.98 Å². The molecule has 2 amide bonds. The molecular weight excluding hydrogens is 426 g/mol. The lowest BCUT2D eigenvalue weighted by molar-refractivity contribution is -0.123. The monoisotopic (exact) mass is 445 g/mol. The van der Waals surface area contributed by atoms with E-state index in [1.54, 1.807) is 37.3 Å². The molecule has 0 bridgehead atoms. The largest absolute Gasteiger partial charge is 0.490 e. The third-order valence-corrected chi connectivity index (χ3v) is 5.37. The number of aryl methyl sites for hydroxylation is 1. The Hall–Kier alpha value is -3.10. The van der Waals surface area contributed by atoms with Gasteiger partial charge >= 0.3 is 0 Å². The summed E-state index contributed by atoms with van der Waals surface area (Å²) < 4.78 is 10.9. The number of aromatic nitrogens is 1. The van der Waals surface area contributed by atoms with Gasteiger partial charge < -0.3 is 9.47 Å². The molecule has 0 radical (unpaired) electrons. The highest BCUT2D eigenvalue weighted by atomic mass is 35.5. The molecule has 156 valence electrons. The molecule has 0 fully saturated rings. The maximum absolute atomic E-state index is 12.4. The first kappa shape index (κ1) is 21.6. The number of nitrogens with one attached hydrogen (secondary N) is 2. The number of nitrogens with zero attached hydrogens (tertiary/aromatic N) is 1. The minimum atomic E-state index is -0.505. The van der Waals surface area contributed by atoms with E-state index in [9.17, 15) is 9.59 Å². The fourth-order valence-electron chi connectivity index (χ4n) is 2.53. The Labute approximate surface area is 183 Å². The number of ether oxygens (including phenoxy) is 2. The summed E-state index contributed by atoms with van der Waals surface area (Å²) in [6.07, 6.45) is 0. The standard InChI is InChI=1S/C21H20ClN3O4S/c1-3-28-16-6-4-5-7-17(16)29-12-18(26)24-25-20(27)19-13(2)23-21(30-19)14-8-10-15(22)11-9-14/h4-11H,3,12H2,1-2H3,(H,24,26)(H,25,27). The molecule has 0 spiro atoms. The number of halogens is 1. The smallest absolute Gasteiger partial charge is 0.281 e. The molecule has 0 aliphatic rings. The van der Waals surface area contributed by atoms with Crippen molar-refractivity contribution in [2.75, 3.05) is 13.2 Å². The number of hydrogen-bond donors (Lipinski definition) is 2. The van der Waals surface area contributed by atoms with Gasteiger partial charge in [-0.1, -0.05) is 35.9 Å². The summed E-state index contributed by atoms with van der Waals surface area (Å²) in [6.45, 7) is 3.80. The number of carbonyl (C=O) groups excluding carboxylic acids is 2. The zero-order valence-corrected chi connectivity index (χ0v) is 18.0. The molecule has 0 saturated heterocycles.